The maximum Gasteiger partial charge on any atom is 0.238 e. The third kappa shape index (κ3) is 3.76. The molecular weight excluding hydrogens is 304 g/mol. The van der Waals surface area contributed by atoms with Crippen LogP contribution in [0.1, 0.15) is 6.92 Å². The normalized spacial score (nSPS) is 19.6. The minimum atomic E-state index is -4.00. The third-order valence-corrected chi connectivity index (χ3v) is 4.76. The first-order chi connectivity index (χ1) is 9.79. The van der Waals surface area contributed by atoms with Crippen LogP contribution >= 0.6 is 0 Å². The third-order valence-electron chi connectivity index (χ3n) is 3.16. The van der Waals surface area contributed by atoms with Gasteiger partial charge in [-0.1, -0.05) is 0 Å². The maximum atomic E-state index is 13.1. The Balaban J connectivity index is 2.13. The molecule has 116 valence electrons. The summed E-state index contributed by atoms with van der Waals surface area (Å²) in [6.07, 6.45) is -0.159. The molecule has 5 nitrogen and oxygen atoms in total. The molecule has 1 aliphatic rings. The molecule has 1 atom stereocenters. The van der Waals surface area contributed by atoms with Crippen LogP contribution in [-0.4, -0.2) is 50.8 Å². The SMILES string of the molecule is C[C@@H]1CN(C(=O)CS(=O)(=O)c2ccc(F)c(F)c2)CCO1. The van der Waals surface area contributed by atoms with E-state index in [0.717, 1.165) is 12.1 Å². The van der Waals surface area contributed by atoms with Gasteiger partial charge in [0.25, 0.3) is 0 Å². The van der Waals surface area contributed by atoms with E-state index in [2.05, 4.69) is 0 Å². The molecule has 0 aromatic heterocycles. The molecule has 1 amide bonds. The average molecular weight is 319 g/mol. The van der Waals surface area contributed by atoms with Crippen LogP contribution in [0, 0.1) is 11.6 Å². The summed E-state index contributed by atoms with van der Waals surface area (Å²) in [5.74, 6) is -3.74. The number of hydrogen-bond donors (Lipinski definition) is 0. The van der Waals surface area contributed by atoms with Crippen LogP contribution in [0.3, 0.4) is 0 Å². The highest BCUT2D eigenvalue weighted by Crippen LogP contribution is 2.16. The molecule has 1 fully saturated rings. The van der Waals surface area contributed by atoms with Crippen LogP contribution in [-0.2, 0) is 19.4 Å². The Morgan fingerprint density at radius 1 is 1.38 bits per heavy atom. The monoisotopic (exact) mass is 319 g/mol. The lowest BCUT2D eigenvalue weighted by Gasteiger charge is -2.31. The second kappa shape index (κ2) is 6.07. The lowest BCUT2D eigenvalue weighted by atomic mass is 10.3. The number of halogens is 2. The summed E-state index contributed by atoms with van der Waals surface area (Å²) in [5.41, 5.74) is 0. The van der Waals surface area contributed by atoms with Gasteiger partial charge in [-0.3, -0.25) is 4.79 Å². The largest absolute Gasteiger partial charge is 0.375 e. The van der Waals surface area contributed by atoms with E-state index in [0.29, 0.717) is 25.8 Å². The number of carbonyl (C=O) groups is 1. The fourth-order valence-corrected chi connectivity index (χ4v) is 3.29. The number of morpholine rings is 1. The number of nitrogens with zero attached hydrogens (tertiary/aromatic N) is 1. The lowest BCUT2D eigenvalue weighted by molar-refractivity contribution is -0.135. The number of amides is 1. The molecule has 1 saturated heterocycles. The summed E-state index contributed by atoms with van der Waals surface area (Å²) < 4.78 is 55.3. The highest BCUT2D eigenvalue weighted by atomic mass is 32.2. The minimum Gasteiger partial charge on any atom is -0.375 e. The number of carbonyl (C=O) groups excluding carboxylic acids is 1. The molecule has 8 heteroatoms. The van der Waals surface area contributed by atoms with Crippen molar-refractivity contribution < 1.29 is 26.7 Å². The van der Waals surface area contributed by atoms with Gasteiger partial charge in [0.2, 0.25) is 5.91 Å². The van der Waals surface area contributed by atoms with Crippen LogP contribution in [0.15, 0.2) is 23.1 Å². The zero-order valence-corrected chi connectivity index (χ0v) is 12.2. The van der Waals surface area contributed by atoms with Crippen molar-refractivity contribution in [1.29, 1.82) is 0 Å². The molecule has 0 N–H and O–H groups in total. The number of ether oxygens (including phenoxy) is 1. The van der Waals surface area contributed by atoms with E-state index >= 15 is 0 Å². The molecular formula is C13H15F2NO4S. The molecule has 1 heterocycles. The Hall–Kier alpha value is -1.54. The highest BCUT2D eigenvalue weighted by molar-refractivity contribution is 7.92. The Morgan fingerprint density at radius 2 is 2.10 bits per heavy atom. The van der Waals surface area contributed by atoms with Gasteiger partial charge in [0.1, 0.15) is 5.75 Å². The van der Waals surface area contributed by atoms with E-state index in [9.17, 15) is 22.0 Å². The number of rotatable bonds is 3. The van der Waals surface area contributed by atoms with Gasteiger partial charge in [-0.05, 0) is 25.1 Å². The van der Waals surface area contributed by atoms with Crippen molar-refractivity contribution in [2.24, 2.45) is 0 Å². The molecule has 0 spiro atoms. The standard InChI is InChI=1S/C13H15F2NO4S/c1-9-7-16(4-5-20-9)13(17)8-21(18,19)10-2-3-11(14)12(15)6-10/h2-3,6,9H,4-5,7-8H2,1H3/t9-/m1/s1. The van der Waals surface area contributed by atoms with Gasteiger partial charge in [0.05, 0.1) is 17.6 Å². The first kappa shape index (κ1) is 15.8. The van der Waals surface area contributed by atoms with Crippen molar-refractivity contribution >= 4 is 15.7 Å². The number of sulfone groups is 1. The number of benzene rings is 1. The molecule has 0 aliphatic carbocycles. The fourth-order valence-electron chi connectivity index (χ4n) is 2.05. The molecule has 2 rings (SSSR count). The Bertz CT molecular complexity index is 648. The Kier molecular flexibility index (Phi) is 4.58. The first-order valence-corrected chi connectivity index (χ1v) is 8.02. The van der Waals surface area contributed by atoms with E-state index in [4.69, 9.17) is 4.74 Å². The second-order valence-electron chi connectivity index (χ2n) is 4.86. The maximum absolute atomic E-state index is 13.1. The zero-order chi connectivity index (χ0) is 15.6. The molecule has 0 unspecified atom stereocenters. The summed E-state index contributed by atoms with van der Waals surface area (Å²) in [7, 11) is -4.00. The van der Waals surface area contributed by atoms with Crippen molar-refractivity contribution in [3.05, 3.63) is 29.8 Å². The average Bonchev–Trinajstić information content (AvgIpc) is 2.41. The summed E-state index contributed by atoms with van der Waals surface area (Å²) in [6.45, 7) is 2.75. The van der Waals surface area contributed by atoms with Crippen LogP contribution < -0.4 is 0 Å². The van der Waals surface area contributed by atoms with Crippen LogP contribution in [0.4, 0.5) is 8.78 Å². The number of hydrogen-bond acceptors (Lipinski definition) is 4. The summed E-state index contributed by atoms with van der Waals surface area (Å²) in [5, 5.41) is 0. The molecule has 0 bridgehead atoms. The van der Waals surface area contributed by atoms with E-state index in [1.165, 1.54) is 4.90 Å². The van der Waals surface area contributed by atoms with Gasteiger partial charge in [0.15, 0.2) is 21.5 Å². The summed E-state index contributed by atoms with van der Waals surface area (Å²) in [6, 6.07) is 2.26. The molecule has 1 aliphatic heterocycles. The van der Waals surface area contributed by atoms with E-state index < -0.39 is 38.0 Å². The van der Waals surface area contributed by atoms with Gasteiger partial charge in [-0.2, -0.15) is 0 Å². The van der Waals surface area contributed by atoms with Crippen LogP contribution in [0.25, 0.3) is 0 Å². The van der Waals surface area contributed by atoms with Crippen LogP contribution in [0.2, 0.25) is 0 Å². The molecule has 21 heavy (non-hydrogen) atoms. The smallest absolute Gasteiger partial charge is 0.238 e. The van der Waals surface area contributed by atoms with Crippen molar-refractivity contribution in [3.8, 4) is 0 Å². The van der Waals surface area contributed by atoms with E-state index in [1.807, 2.05) is 0 Å². The second-order valence-corrected chi connectivity index (χ2v) is 6.85. The molecule has 1 aromatic rings. The topological polar surface area (TPSA) is 63.7 Å². The first-order valence-electron chi connectivity index (χ1n) is 6.37. The van der Waals surface area contributed by atoms with Gasteiger partial charge in [-0.25, -0.2) is 17.2 Å². The van der Waals surface area contributed by atoms with Crippen molar-refractivity contribution in [3.63, 3.8) is 0 Å². The van der Waals surface area contributed by atoms with Gasteiger partial charge in [0, 0.05) is 13.1 Å². The molecule has 0 radical (unpaired) electrons. The molecule has 0 saturated carbocycles. The van der Waals surface area contributed by atoms with Crippen molar-refractivity contribution in [2.45, 2.75) is 17.9 Å². The summed E-state index contributed by atoms with van der Waals surface area (Å²) in [4.78, 5) is 13.0. The summed E-state index contributed by atoms with van der Waals surface area (Å²) >= 11 is 0. The van der Waals surface area contributed by atoms with Gasteiger partial charge >= 0.3 is 0 Å². The Morgan fingerprint density at radius 3 is 2.71 bits per heavy atom. The Labute approximate surface area is 121 Å². The fraction of sp³-hybridized carbons (Fsp3) is 0.462. The highest BCUT2D eigenvalue weighted by Gasteiger charge is 2.27. The minimum absolute atomic E-state index is 0.159. The lowest BCUT2D eigenvalue weighted by Crippen LogP contribution is -2.46. The predicted molar refractivity (Wildman–Crippen MR) is 70.4 cm³/mol. The van der Waals surface area contributed by atoms with E-state index in [1.54, 1.807) is 6.92 Å². The van der Waals surface area contributed by atoms with Gasteiger partial charge in [-0.15, -0.1) is 0 Å². The van der Waals surface area contributed by atoms with Crippen molar-refractivity contribution in [1.82, 2.24) is 4.90 Å². The molecule has 1 aromatic carbocycles. The van der Waals surface area contributed by atoms with E-state index in [-0.39, 0.29) is 6.10 Å². The van der Waals surface area contributed by atoms with Crippen molar-refractivity contribution in [2.75, 3.05) is 25.4 Å². The quantitative estimate of drug-likeness (QED) is 0.779. The van der Waals surface area contributed by atoms with Crippen LogP contribution in [0.5, 0.6) is 0 Å². The van der Waals surface area contributed by atoms with Gasteiger partial charge < -0.3 is 9.64 Å². The zero-order valence-electron chi connectivity index (χ0n) is 11.4. The predicted octanol–water partition coefficient (Wildman–Crippen LogP) is 0.986.